The summed E-state index contributed by atoms with van der Waals surface area (Å²) in [5, 5.41) is 27.4. The summed E-state index contributed by atoms with van der Waals surface area (Å²) in [7, 11) is 0. The van der Waals surface area contributed by atoms with Crippen molar-refractivity contribution in [1.29, 1.82) is 0 Å². The topological polar surface area (TPSA) is 60.7 Å². The molecule has 0 aromatic carbocycles. The van der Waals surface area contributed by atoms with E-state index in [9.17, 15) is 5.11 Å². The Morgan fingerprint density at radius 3 is 1.93 bits per heavy atom. The van der Waals surface area contributed by atoms with Gasteiger partial charge >= 0.3 is 0 Å². The molecule has 0 aliphatic rings. The van der Waals surface area contributed by atoms with E-state index in [1.807, 2.05) is 0 Å². The molecule has 0 fully saturated rings. The molecule has 86 valence electrons. The second-order valence-electron chi connectivity index (χ2n) is 3.85. The number of aliphatic hydroxyl groups excluding tert-OH is 3. The van der Waals surface area contributed by atoms with Gasteiger partial charge in [0.1, 0.15) is 0 Å². The van der Waals surface area contributed by atoms with Crippen LogP contribution in [-0.2, 0) is 0 Å². The summed E-state index contributed by atoms with van der Waals surface area (Å²) in [6.45, 7) is 2.32. The maximum absolute atomic E-state index is 9.78. The molecule has 1 unspecified atom stereocenters. The number of rotatable bonds is 9. The van der Waals surface area contributed by atoms with Crippen LogP contribution in [0.25, 0.3) is 0 Å². The third kappa shape index (κ3) is 6.35. The minimum atomic E-state index is -0.360. The van der Waals surface area contributed by atoms with Gasteiger partial charge in [-0.15, -0.1) is 0 Å². The van der Waals surface area contributed by atoms with Gasteiger partial charge in [-0.05, 0) is 25.2 Å². The number of hydrogen-bond acceptors (Lipinski definition) is 3. The molecule has 0 spiro atoms. The number of aliphatic hydroxyl groups is 3. The summed E-state index contributed by atoms with van der Waals surface area (Å²) in [4.78, 5) is 0. The van der Waals surface area contributed by atoms with Gasteiger partial charge in [0.15, 0.2) is 0 Å². The molecule has 3 heteroatoms. The van der Waals surface area contributed by atoms with Gasteiger partial charge in [-0.25, -0.2) is 0 Å². The molecule has 0 aromatic rings. The lowest BCUT2D eigenvalue weighted by atomic mass is 9.92. The summed E-state index contributed by atoms with van der Waals surface area (Å²) in [5.41, 5.74) is 0. The van der Waals surface area contributed by atoms with Gasteiger partial charge in [0, 0.05) is 13.2 Å². The fourth-order valence-electron chi connectivity index (χ4n) is 1.70. The van der Waals surface area contributed by atoms with Crippen LogP contribution in [0.15, 0.2) is 0 Å². The highest BCUT2D eigenvalue weighted by Crippen LogP contribution is 2.18. The van der Waals surface area contributed by atoms with E-state index in [2.05, 4.69) is 6.92 Å². The molecule has 3 N–H and O–H groups in total. The van der Waals surface area contributed by atoms with Gasteiger partial charge in [0.05, 0.1) is 6.10 Å². The van der Waals surface area contributed by atoms with Crippen LogP contribution in [0, 0.1) is 5.92 Å². The van der Waals surface area contributed by atoms with Crippen LogP contribution >= 0.6 is 0 Å². The molecule has 3 nitrogen and oxygen atoms in total. The zero-order valence-electron chi connectivity index (χ0n) is 9.15. The van der Waals surface area contributed by atoms with E-state index in [0.717, 1.165) is 25.7 Å². The molecule has 0 amide bonds. The lowest BCUT2D eigenvalue weighted by Gasteiger charge is -2.21. The van der Waals surface area contributed by atoms with Crippen molar-refractivity contribution < 1.29 is 15.3 Å². The Balaban J connectivity index is 3.69. The molecule has 1 atom stereocenters. The van der Waals surface area contributed by atoms with Gasteiger partial charge in [-0.2, -0.15) is 0 Å². The van der Waals surface area contributed by atoms with Crippen molar-refractivity contribution >= 4 is 0 Å². The molecular formula is C11H24O3. The maximum atomic E-state index is 9.78. The van der Waals surface area contributed by atoms with Crippen LogP contribution < -0.4 is 0 Å². The minimum Gasteiger partial charge on any atom is -0.396 e. The van der Waals surface area contributed by atoms with E-state index in [1.54, 1.807) is 0 Å². The Morgan fingerprint density at radius 2 is 1.50 bits per heavy atom. The Kier molecular flexibility index (Phi) is 9.35. The average molecular weight is 204 g/mol. The molecule has 0 heterocycles. The predicted molar refractivity (Wildman–Crippen MR) is 57.0 cm³/mol. The quantitative estimate of drug-likeness (QED) is 0.496. The molecule has 0 aromatic heterocycles. The van der Waals surface area contributed by atoms with Crippen molar-refractivity contribution in [2.24, 2.45) is 5.92 Å². The van der Waals surface area contributed by atoms with E-state index >= 15 is 0 Å². The highest BCUT2D eigenvalue weighted by Gasteiger charge is 2.17. The highest BCUT2D eigenvalue weighted by molar-refractivity contribution is 4.68. The van der Waals surface area contributed by atoms with Crippen molar-refractivity contribution in [3.63, 3.8) is 0 Å². The Hall–Kier alpha value is -0.120. The third-order valence-corrected chi connectivity index (χ3v) is 2.65. The normalized spacial score (nSPS) is 13.5. The highest BCUT2D eigenvalue weighted by atomic mass is 16.3. The van der Waals surface area contributed by atoms with Gasteiger partial charge < -0.3 is 15.3 Å². The van der Waals surface area contributed by atoms with Crippen LogP contribution in [0.4, 0.5) is 0 Å². The summed E-state index contributed by atoms with van der Waals surface area (Å²) in [5.74, 6) is 0.0573. The van der Waals surface area contributed by atoms with Crippen molar-refractivity contribution in [2.45, 2.75) is 51.6 Å². The zero-order chi connectivity index (χ0) is 10.8. The van der Waals surface area contributed by atoms with Gasteiger partial charge in [0.25, 0.3) is 0 Å². The van der Waals surface area contributed by atoms with Gasteiger partial charge in [0.2, 0.25) is 0 Å². The zero-order valence-corrected chi connectivity index (χ0v) is 9.15. The van der Waals surface area contributed by atoms with Crippen LogP contribution in [-0.4, -0.2) is 34.6 Å². The van der Waals surface area contributed by atoms with Crippen molar-refractivity contribution in [3.8, 4) is 0 Å². The van der Waals surface area contributed by atoms with Crippen molar-refractivity contribution in [1.82, 2.24) is 0 Å². The van der Waals surface area contributed by atoms with E-state index in [4.69, 9.17) is 10.2 Å². The average Bonchev–Trinajstić information content (AvgIpc) is 2.18. The fourth-order valence-corrected chi connectivity index (χ4v) is 1.70. The molecule has 0 saturated carbocycles. The Bertz CT molecular complexity index is 111. The first kappa shape index (κ1) is 13.9. The summed E-state index contributed by atoms with van der Waals surface area (Å²) >= 11 is 0. The van der Waals surface area contributed by atoms with Crippen LogP contribution in [0.3, 0.4) is 0 Å². The second-order valence-corrected chi connectivity index (χ2v) is 3.85. The molecule has 0 radical (unpaired) electrons. The van der Waals surface area contributed by atoms with E-state index in [0.29, 0.717) is 12.8 Å². The third-order valence-electron chi connectivity index (χ3n) is 2.65. The monoisotopic (exact) mass is 204 g/mol. The van der Waals surface area contributed by atoms with Crippen molar-refractivity contribution in [3.05, 3.63) is 0 Å². The summed E-state index contributed by atoms with van der Waals surface area (Å²) in [6.07, 6.45) is 4.94. The first-order valence-electron chi connectivity index (χ1n) is 5.66. The predicted octanol–water partition coefficient (Wildman–Crippen LogP) is 1.31. The summed E-state index contributed by atoms with van der Waals surface area (Å²) < 4.78 is 0. The Labute approximate surface area is 86.8 Å². The van der Waals surface area contributed by atoms with Crippen LogP contribution in [0.5, 0.6) is 0 Å². The number of hydrogen-bond donors (Lipinski definition) is 3. The molecule has 0 rings (SSSR count). The smallest absolute Gasteiger partial charge is 0.0570 e. The molecule has 0 aliphatic carbocycles. The maximum Gasteiger partial charge on any atom is 0.0570 e. The largest absolute Gasteiger partial charge is 0.396 e. The van der Waals surface area contributed by atoms with E-state index < -0.39 is 0 Å². The molecule has 0 saturated heterocycles. The molecule has 0 bridgehead atoms. The van der Waals surface area contributed by atoms with E-state index in [1.165, 1.54) is 0 Å². The van der Waals surface area contributed by atoms with Crippen LogP contribution in [0.2, 0.25) is 0 Å². The Morgan fingerprint density at radius 1 is 0.929 bits per heavy atom. The SMILES string of the molecule is CCCCCC(O)C(CCO)CCO. The van der Waals surface area contributed by atoms with Crippen LogP contribution in [0.1, 0.15) is 45.4 Å². The van der Waals surface area contributed by atoms with Crippen molar-refractivity contribution in [2.75, 3.05) is 13.2 Å². The number of unbranched alkanes of at least 4 members (excludes halogenated alkanes) is 2. The molecular weight excluding hydrogens is 180 g/mol. The van der Waals surface area contributed by atoms with Gasteiger partial charge in [-0.1, -0.05) is 26.2 Å². The first-order chi connectivity index (χ1) is 6.76. The standard InChI is InChI=1S/C11H24O3/c1-2-3-4-5-11(14)10(6-8-12)7-9-13/h10-14H,2-9H2,1H3. The second kappa shape index (κ2) is 9.44. The minimum absolute atomic E-state index is 0.0573. The lowest BCUT2D eigenvalue weighted by Crippen LogP contribution is -2.22. The van der Waals surface area contributed by atoms with Gasteiger partial charge in [-0.3, -0.25) is 0 Å². The summed E-state index contributed by atoms with van der Waals surface area (Å²) in [6, 6.07) is 0. The van der Waals surface area contributed by atoms with E-state index in [-0.39, 0.29) is 25.2 Å². The molecule has 0 aliphatic heterocycles. The lowest BCUT2D eigenvalue weighted by molar-refractivity contribution is 0.0641. The molecule has 14 heavy (non-hydrogen) atoms. The fraction of sp³-hybridized carbons (Fsp3) is 1.00. The first-order valence-corrected chi connectivity index (χ1v) is 5.66.